The van der Waals surface area contributed by atoms with Gasteiger partial charge in [-0.25, -0.2) is 0 Å². The average Bonchev–Trinajstić information content (AvgIpc) is 3.21. The number of hydrogen-bond acceptors (Lipinski definition) is 3. The zero-order valence-corrected chi connectivity index (χ0v) is 14.9. The van der Waals surface area contributed by atoms with Crippen LogP contribution in [-0.4, -0.2) is 34.4 Å². The Kier molecular flexibility index (Phi) is 4.20. The second-order valence-electron chi connectivity index (χ2n) is 6.48. The summed E-state index contributed by atoms with van der Waals surface area (Å²) >= 11 is 3.70. The number of piperidine rings is 1. The van der Waals surface area contributed by atoms with Gasteiger partial charge in [0.2, 0.25) is 0 Å². The van der Waals surface area contributed by atoms with Crippen LogP contribution in [-0.2, 0) is 0 Å². The first-order valence-corrected chi connectivity index (χ1v) is 10.4. The van der Waals surface area contributed by atoms with E-state index in [2.05, 4.69) is 40.8 Å². The molecule has 1 amide bonds. The van der Waals surface area contributed by atoms with Gasteiger partial charge in [0.1, 0.15) is 0 Å². The molecule has 0 spiro atoms. The molecular weight excluding hydrogens is 322 g/mol. The maximum atomic E-state index is 13.0. The van der Waals surface area contributed by atoms with Crippen molar-refractivity contribution in [3.05, 3.63) is 47.3 Å². The lowest BCUT2D eigenvalue weighted by atomic mass is 10.0. The minimum atomic E-state index is 0.231. The molecule has 0 N–H and O–H groups in total. The third kappa shape index (κ3) is 2.83. The lowest BCUT2D eigenvalue weighted by Crippen LogP contribution is -2.47. The first kappa shape index (κ1) is 15.3. The van der Waals surface area contributed by atoms with Crippen LogP contribution in [0.1, 0.15) is 36.0 Å². The standard InChI is InChI=1S/C19H21NOS2/c1-22-17-11-15-8-9-16(12-17)20(15)19(21)14-6-4-13(5-7-14)18-3-2-10-23-18/h2-7,10,15-17H,8-9,11-12H2,1H3. The number of thiophene rings is 1. The molecule has 1 aromatic heterocycles. The molecule has 2 saturated heterocycles. The lowest BCUT2D eigenvalue weighted by molar-refractivity contribution is 0.0602. The molecule has 0 radical (unpaired) electrons. The quantitative estimate of drug-likeness (QED) is 0.789. The molecule has 2 bridgehead atoms. The van der Waals surface area contributed by atoms with E-state index in [1.807, 2.05) is 23.9 Å². The Labute approximate surface area is 145 Å². The number of carbonyl (C=O) groups excluding carboxylic acids is 1. The van der Waals surface area contributed by atoms with Gasteiger partial charge in [0.05, 0.1) is 0 Å². The Morgan fingerprint density at radius 1 is 1.13 bits per heavy atom. The van der Waals surface area contributed by atoms with Gasteiger partial charge in [0.15, 0.2) is 0 Å². The van der Waals surface area contributed by atoms with Crippen LogP contribution in [0.4, 0.5) is 0 Å². The Morgan fingerprint density at radius 2 is 1.83 bits per heavy atom. The molecule has 2 aliphatic rings. The Bertz CT molecular complexity index is 666. The van der Waals surface area contributed by atoms with E-state index in [1.165, 1.54) is 23.3 Å². The van der Waals surface area contributed by atoms with Gasteiger partial charge >= 0.3 is 0 Å². The predicted octanol–water partition coefficient (Wildman–Crippen LogP) is 4.91. The number of amides is 1. The predicted molar refractivity (Wildman–Crippen MR) is 99.3 cm³/mol. The first-order chi connectivity index (χ1) is 11.3. The van der Waals surface area contributed by atoms with Gasteiger partial charge < -0.3 is 4.90 Å². The van der Waals surface area contributed by atoms with Crippen molar-refractivity contribution < 1.29 is 4.79 Å². The molecule has 3 heterocycles. The van der Waals surface area contributed by atoms with Crippen molar-refractivity contribution in [2.75, 3.05) is 6.26 Å². The number of thioether (sulfide) groups is 1. The molecule has 23 heavy (non-hydrogen) atoms. The number of hydrogen-bond donors (Lipinski definition) is 0. The smallest absolute Gasteiger partial charge is 0.254 e. The van der Waals surface area contributed by atoms with Crippen LogP contribution in [0.3, 0.4) is 0 Å². The summed E-state index contributed by atoms with van der Waals surface area (Å²) in [6.07, 6.45) is 6.89. The summed E-state index contributed by atoms with van der Waals surface area (Å²) in [6, 6.07) is 13.2. The number of rotatable bonds is 3. The molecule has 0 saturated carbocycles. The molecule has 4 heteroatoms. The summed E-state index contributed by atoms with van der Waals surface area (Å²) in [5, 5.41) is 2.82. The van der Waals surface area contributed by atoms with Gasteiger partial charge in [0.25, 0.3) is 5.91 Å². The van der Waals surface area contributed by atoms with Crippen molar-refractivity contribution in [3.63, 3.8) is 0 Å². The van der Waals surface area contributed by atoms with Crippen LogP contribution in [0, 0.1) is 0 Å². The molecule has 2 aromatic rings. The van der Waals surface area contributed by atoms with E-state index >= 15 is 0 Å². The van der Waals surface area contributed by atoms with Crippen LogP contribution in [0.5, 0.6) is 0 Å². The van der Waals surface area contributed by atoms with Crippen LogP contribution >= 0.6 is 23.1 Å². The summed E-state index contributed by atoms with van der Waals surface area (Å²) in [6.45, 7) is 0. The highest BCUT2D eigenvalue weighted by molar-refractivity contribution is 7.99. The minimum Gasteiger partial charge on any atom is -0.333 e. The van der Waals surface area contributed by atoms with Gasteiger partial charge in [0, 0.05) is 27.8 Å². The van der Waals surface area contributed by atoms with E-state index in [9.17, 15) is 4.79 Å². The molecule has 2 nitrogen and oxygen atoms in total. The number of carbonyl (C=O) groups is 1. The van der Waals surface area contributed by atoms with Crippen molar-refractivity contribution in [3.8, 4) is 10.4 Å². The van der Waals surface area contributed by atoms with Gasteiger partial charge in [-0.05, 0) is 61.1 Å². The zero-order valence-electron chi connectivity index (χ0n) is 13.3. The number of benzene rings is 1. The van der Waals surface area contributed by atoms with Crippen LogP contribution in [0.2, 0.25) is 0 Å². The SMILES string of the molecule is CSC1CC2CCC(C1)N2C(=O)c1ccc(-c2cccs2)cc1. The first-order valence-electron chi connectivity index (χ1n) is 8.25. The largest absolute Gasteiger partial charge is 0.333 e. The molecule has 4 rings (SSSR count). The van der Waals surface area contributed by atoms with E-state index in [0.717, 1.165) is 23.7 Å². The molecule has 2 unspecified atom stereocenters. The van der Waals surface area contributed by atoms with E-state index in [1.54, 1.807) is 11.3 Å². The molecule has 0 aliphatic carbocycles. The zero-order chi connectivity index (χ0) is 15.8. The van der Waals surface area contributed by atoms with Gasteiger partial charge in [-0.15, -0.1) is 11.3 Å². The highest BCUT2D eigenvalue weighted by Gasteiger charge is 2.43. The normalized spacial score (nSPS) is 26.5. The van der Waals surface area contributed by atoms with Crippen LogP contribution in [0.25, 0.3) is 10.4 Å². The number of fused-ring (bicyclic) bond motifs is 2. The third-order valence-electron chi connectivity index (χ3n) is 5.20. The third-order valence-corrected chi connectivity index (χ3v) is 7.17. The van der Waals surface area contributed by atoms with E-state index in [0.29, 0.717) is 12.1 Å². The Morgan fingerprint density at radius 3 is 2.39 bits per heavy atom. The second-order valence-corrected chi connectivity index (χ2v) is 8.57. The van der Waals surface area contributed by atoms with Crippen molar-refractivity contribution in [1.29, 1.82) is 0 Å². The maximum Gasteiger partial charge on any atom is 0.254 e. The number of nitrogens with zero attached hydrogens (tertiary/aromatic N) is 1. The summed E-state index contributed by atoms with van der Waals surface area (Å²) < 4.78 is 0. The van der Waals surface area contributed by atoms with Crippen molar-refractivity contribution in [2.45, 2.75) is 43.0 Å². The second kappa shape index (κ2) is 6.33. The summed E-state index contributed by atoms with van der Waals surface area (Å²) in [5.74, 6) is 0.231. The molecule has 2 atom stereocenters. The van der Waals surface area contributed by atoms with E-state index < -0.39 is 0 Å². The lowest BCUT2D eigenvalue weighted by Gasteiger charge is -2.38. The topological polar surface area (TPSA) is 20.3 Å². The molecule has 2 fully saturated rings. The molecule has 1 aromatic carbocycles. The van der Waals surface area contributed by atoms with Gasteiger partial charge in [-0.1, -0.05) is 18.2 Å². The van der Waals surface area contributed by atoms with Gasteiger partial charge in [-0.3, -0.25) is 4.79 Å². The minimum absolute atomic E-state index is 0.231. The van der Waals surface area contributed by atoms with Crippen molar-refractivity contribution in [1.82, 2.24) is 4.90 Å². The van der Waals surface area contributed by atoms with Crippen molar-refractivity contribution in [2.24, 2.45) is 0 Å². The van der Waals surface area contributed by atoms with Gasteiger partial charge in [-0.2, -0.15) is 11.8 Å². The summed E-state index contributed by atoms with van der Waals surface area (Å²) in [4.78, 5) is 16.4. The fourth-order valence-corrected chi connectivity index (χ4v) is 5.58. The monoisotopic (exact) mass is 343 g/mol. The Balaban J connectivity index is 1.53. The maximum absolute atomic E-state index is 13.0. The highest BCUT2D eigenvalue weighted by atomic mass is 32.2. The van der Waals surface area contributed by atoms with Crippen LogP contribution < -0.4 is 0 Å². The highest BCUT2D eigenvalue weighted by Crippen LogP contribution is 2.40. The molecule has 2 aliphatic heterocycles. The molecule has 120 valence electrons. The fraction of sp³-hybridized carbons (Fsp3) is 0.421. The summed E-state index contributed by atoms with van der Waals surface area (Å²) in [5.41, 5.74) is 2.03. The van der Waals surface area contributed by atoms with E-state index in [-0.39, 0.29) is 5.91 Å². The van der Waals surface area contributed by atoms with Crippen LogP contribution in [0.15, 0.2) is 41.8 Å². The Hall–Kier alpha value is -1.26. The van der Waals surface area contributed by atoms with E-state index in [4.69, 9.17) is 0 Å². The molecular formula is C19H21NOS2. The average molecular weight is 344 g/mol. The summed E-state index contributed by atoms with van der Waals surface area (Å²) in [7, 11) is 0. The fourth-order valence-electron chi connectivity index (χ4n) is 4.02. The van der Waals surface area contributed by atoms with Crippen molar-refractivity contribution >= 4 is 29.0 Å².